The Labute approximate surface area is 130 Å². The second kappa shape index (κ2) is 10.3. The van der Waals surface area contributed by atoms with E-state index in [1.54, 1.807) is 11.3 Å². The molecule has 0 radical (unpaired) electrons. The number of nitrogens with zero attached hydrogens (tertiary/aromatic N) is 2. The number of nitrogens with one attached hydrogen (secondary N) is 2. The van der Waals surface area contributed by atoms with Crippen LogP contribution in [-0.4, -0.2) is 24.0 Å². The van der Waals surface area contributed by atoms with Crippen molar-refractivity contribution in [2.45, 2.75) is 26.8 Å². The first-order valence-electron chi connectivity index (χ1n) is 5.86. The summed E-state index contributed by atoms with van der Waals surface area (Å²) in [5.74, 6) is 0.806. The predicted octanol–water partition coefficient (Wildman–Crippen LogP) is 2.56. The monoisotopic (exact) mass is 380 g/mol. The number of rotatable bonds is 6. The van der Waals surface area contributed by atoms with Gasteiger partial charge in [-0.3, -0.25) is 0 Å². The molecule has 0 saturated carbocycles. The van der Waals surface area contributed by atoms with Crippen LogP contribution in [0.3, 0.4) is 0 Å². The lowest BCUT2D eigenvalue weighted by Crippen LogP contribution is -2.37. The second-order valence-corrected chi connectivity index (χ2v) is 4.64. The van der Waals surface area contributed by atoms with Gasteiger partial charge in [0.05, 0.1) is 6.54 Å². The van der Waals surface area contributed by atoms with Crippen LogP contribution in [0.25, 0.3) is 0 Å². The van der Waals surface area contributed by atoms with E-state index in [1.165, 1.54) is 4.88 Å². The fourth-order valence-corrected chi connectivity index (χ4v) is 2.03. The fraction of sp³-hybridized carbons (Fsp3) is 0.500. The lowest BCUT2D eigenvalue weighted by Gasteiger charge is -2.08. The third kappa shape index (κ3) is 6.34. The van der Waals surface area contributed by atoms with Crippen LogP contribution in [0.15, 0.2) is 23.8 Å². The van der Waals surface area contributed by atoms with Gasteiger partial charge in [0.15, 0.2) is 5.96 Å². The normalized spacial score (nSPS) is 10.7. The molecule has 0 aromatic carbocycles. The van der Waals surface area contributed by atoms with Gasteiger partial charge in [0.2, 0.25) is 0 Å². The van der Waals surface area contributed by atoms with Gasteiger partial charge < -0.3 is 10.6 Å². The van der Waals surface area contributed by atoms with Crippen molar-refractivity contribution in [1.29, 1.82) is 0 Å². The van der Waals surface area contributed by atoms with Crippen molar-refractivity contribution >= 4 is 41.3 Å². The Morgan fingerprint density at radius 1 is 1.50 bits per heavy atom. The van der Waals surface area contributed by atoms with Crippen molar-refractivity contribution in [2.75, 3.05) is 13.1 Å². The highest BCUT2D eigenvalue weighted by atomic mass is 127. The Bertz CT molecular complexity index is 376. The van der Waals surface area contributed by atoms with Crippen LogP contribution in [0.2, 0.25) is 0 Å². The van der Waals surface area contributed by atoms with Crippen molar-refractivity contribution in [1.82, 2.24) is 15.6 Å². The molecule has 1 heterocycles. The summed E-state index contributed by atoms with van der Waals surface area (Å²) in [6, 6.07) is 0. The van der Waals surface area contributed by atoms with Gasteiger partial charge in [0.1, 0.15) is 5.01 Å². The standard InChI is InChI=1S/C12H20N4S.HI/c1-4-7-14-12(13-6-3)16-9-11-15-8-10(5-2)17-11;/h4,8H,1,5-7,9H2,2-3H3,(H2,13,14,16);1H. The van der Waals surface area contributed by atoms with E-state index < -0.39 is 0 Å². The Hall–Kier alpha value is -0.630. The van der Waals surface area contributed by atoms with Crippen molar-refractivity contribution in [3.63, 3.8) is 0 Å². The molecule has 1 rings (SSSR count). The molecule has 102 valence electrons. The number of hydrogen-bond acceptors (Lipinski definition) is 3. The third-order valence-electron chi connectivity index (χ3n) is 2.08. The van der Waals surface area contributed by atoms with Gasteiger partial charge >= 0.3 is 0 Å². The molecule has 4 nitrogen and oxygen atoms in total. The number of aliphatic imine (C=N–C) groups is 1. The molecular weight excluding hydrogens is 359 g/mol. The first-order valence-corrected chi connectivity index (χ1v) is 6.68. The highest BCUT2D eigenvalue weighted by molar-refractivity contribution is 14.0. The number of halogens is 1. The van der Waals surface area contributed by atoms with Crippen LogP contribution in [0.1, 0.15) is 23.7 Å². The first-order chi connectivity index (χ1) is 8.30. The summed E-state index contributed by atoms with van der Waals surface area (Å²) in [4.78, 5) is 10.1. The highest BCUT2D eigenvalue weighted by Crippen LogP contribution is 2.13. The van der Waals surface area contributed by atoms with E-state index in [2.05, 4.69) is 34.1 Å². The Morgan fingerprint density at radius 3 is 2.83 bits per heavy atom. The maximum Gasteiger partial charge on any atom is 0.191 e. The molecule has 18 heavy (non-hydrogen) atoms. The Balaban J connectivity index is 0.00000289. The number of hydrogen-bond donors (Lipinski definition) is 2. The molecule has 1 aromatic rings. The maximum atomic E-state index is 4.46. The molecular formula is C12H21IN4S. The van der Waals surface area contributed by atoms with Gasteiger partial charge in [-0.1, -0.05) is 13.0 Å². The zero-order valence-corrected chi connectivity index (χ0v) is 14.0. The van der Waals surface area contributed by atoms with Gasteiger partial charge in [-0.15, -0.1) is 41.9 Å². The number of thiazole rings is 1. The molecule has 0 amide bonds. The summed E-state index contributed by atoms with van der Waals surface area (Å²) >= 11 is 1.72. The fourth-order valence-electron chi connectivity index (χ4n) is 1.24. The molecule has 0 aliphatic heterocycles. The number of aryl methyl sites for hydroxylation is 1. The summed E-state index contributed by atoms with van der Waals surface area (Å²) in [5.41, 5.74) is 0. The summed E-state index contributed by atoms with van der Waals surface area (Å²) < 4.78 is 0. The average Bonchev–Trinajstić information content (AvgIpc) is 2.80. The molecule has 0 saturated heterocycles. The molecule has 0 fully saturated rings. The molecule has 0 unspecified atom stereocenters. The zero-order valence-electron chi connectivity index (χ0n) is 10.9. The minimum atomic E-state index is 0. The van der Waals surface area contributed by atoms with Crippen LogP contribution in [0.5, 0.6) is 0 Å². The smallest absolute Gasteiger partial charge is 0.191 e. The van der Waals surface area contributed by atoms with Gasteiger partial charge in [0, 0.05) is 24.2 Å². The Kier molecular flexibility index (Phi) is 9.95. The molecule has 0 spiro atoms. The van der Waals surface area contributed by atoms with Crippen molar-refractivity contribution in [3.05, 3.63) is 28.7 Å². The van der Waals surface area contributed by atoms with Gasteiger partial charge in [-0.05, 0) is 13.3 Å². The van der Waals surface area contributed by atoms with Crippen LogP contribution in [0, 0.1) is 0 Å². The summed E-state index contributed by atoms with van der Waals surface area (Å²) in [6.45, 7) is 10.0. The summed E-state index contributed by atoms with van der Waals surface area (Å²) in [7, 11) is 0. The average molecular weight is 380 g/mol. The Morgan fingerprint density at radius 2 is 2.28 bits per heavy atom. The van der Waals surface area contributed by atoms with Crippen LogP contribution < -0.4 is 10.6 Å². The summed E-state index contributed by atoms with van der Waals surface area (Å²) in [6.07, 6.45) is 4.78. The van der Waals surface area contributed by atoms with Crippen LogP contribution in [-0.2, 0) is 13.0 Å². The second-order valence-electron chi connectivity index (χ2n) is 3.44. The van der Waals surface area contributed by atoms with Crippen LogP contribution >= 0.6 is 35.3 Å². The number of aromatic nitrogens is 1. The minimum Gasteiger partial charge on any atom is -0.357 e. The molecule has 0 bridgehead atoms. The summed E-state index contributed by atoms with van der Waals surface area (Å²) in [5, 5.41) is 7.39. The van der Waals surface area contributed by atoms with E-state index in [-0.39, 0.29) is 24.0 Å². The third-order valence-corrected chi connectivity index (χ3v) is 3.21. The van der Waals surface area contributed by atoms with E-state index in [9.17, 15) is 0 Å². The largest absolute Gasteiger partial charge is 0.357 e. The van der Waals surface area contributed by atoms with Gasteiger partial charge in [-0.25, -0.2) is 9.98 Å². The van der Waals surface area contributed by atoms with Crippen molar-refractivity contribution in [3.8, 4) is 0 Å². The number of guanidine groups is 1. The van der Waals surface area contributed by atoms with E-state index in [4.69, 9.17) is 0 Å². The maximum absolute atomic E-state index is 4.46. The first kappa shape index (κ1) is 17.4. The van der Waals surface area contributed by atoms with Crippen molar-refractivity contribution in [2.24, 2.45) is 4.99 Å². The topological polar surface area (TPSA) is 49.3 Å². The van der Waals surface area contributed by atoms with E-state index in [0.717, 1.165) is 23.9 Å². The predicted molar refractivity (Wildman–Crippen MR) is 89.9 cm³/mol. The van der Waals surface area contributed by atoms with E-state index >= 15 is 0 Å². The lowest BCUT2D eigenvalue weighted by atomic mass is 10.4. The van der Waals surface area contributed by atoms with Crippen molar-refractivity contribution < 1.29 is 0 Å². The van der Waals surface area contributed by atoms with Crippen LogP contribution in [0.4, 0.5) is 0 Å². The van der Waals surface area contributed by atoms with E-state index in [1.807, 2.05) is 19.2 Å². The molecule has 0 atom stereocenters. The molecule has 6 heteroatoms. The lowest BCUT2D eigenvalue weighted by molar-refractivity contribution is 0.858. The molecule has 0 aliphatic rings. The SMILES string of the molecule is C=CCNC(=NCc1ncc(CC)s1)NCC.I. The molecule has 1 aromatic heterocycles. The zero-order chi connectivity index (χ0) is 12.5. The highest BCUT2D eigenvalue weighted by Gasteiger charge is 2.00. The minimum absolute atomic E-state index is 0. The van der Waals surface area contributed by atoms with Gasteiger partial charge in [-0.2, -0.15) is 0 Å². The van der Waals surface area contributed by atoms with Gasteiger partial charge in [0.25, 0.3) is 0 Å². The molecule has 2 N–H and O–H groups in total. The van der Waals surface area contributed by atoms with E-state index in [0.29, 0.717) is 13.1 Å². The quantitative estimate of drug-likeness (QED) is 0.345. The molecule has 0 aliphatic carbocycles.